The van der Waals surface area contributed by atoms with Crippen LogP contribution in [0.25, 0.3) is 0 Å². The molecule has 19 heteroatoms. The fraction of sp³-hybridized carbons (Fsp3) is 0.892. The maximum absolute atomic E-state index is 13.4. The van der Waals surface area contributed by atoms with Gasteiger partial charge >= 0.3 is 0 Å². The third-order valence-electron chi connectivity index (χ3n) is 16.7. The highest BCUT2D eigenvalue weighted by Gasteiger charge is 2.53. The summed E-state index contributed by atoms with van der Waals surface area (Å²) in [5.41, 5.74) is 0. The Morgan fingerprint density at radius 2 is 0.762 bits per heavy atom. The van der Waals surface area contributed by atoms with Gasteiger partial charge in [0.05, 0.1) is 38.6 Å². The molecule has 19 nitrogen and oxygen atoms in total. The number of nitrogens with one attached hydrogen (secondary N) is 1. The van der Waals surface area contributed by atoms with Crippen molar-refractivity contribution in [2.24, 2.45) is 0 Å². The van der Waals surface area contributed by atoms with Crippen molar-refractivity contribution in [1.29, 1.82) is 0 Å². The molecule has 3 fully saturated rings. The molecule has 0 aliphatic carbocycles. The van der Waals surface area contributed by atoms with Crippen LogP contribution in [0.15, 0.2) is 36.5 Å². The minimum Gasteiger partial charge on any atom is -0.394 e. The maximum Gasteiger partial charge on any atom is 0.220 e. The third-order valence-corrected chi connectivity index (χ3v) is 16.7. The first kappa shape index (κ1) is 76.3. The van der Waals surface area contributed by atoms with Crippen LogP contribution in [0, 0.1) is 0 Å². The monoisotopic (exact) mass is 1200 g/mol. The van der Waals surface area contributed by atoms with Crippen molar-refractivity contribution in [1.82, 2.24) is 5.32 Å². The molecule has 3 aliphatic heterocycles. The van der Waals surface area contributed by atoms with Crippen molar-refractivity contribution < 1.29 is 89.4 Å². The SMILES string of the molecule is CCCCCCCCCC/C=C\CCCCCCCCCCCCCCCC(=O)NC(COC1OC(CO)C(OC2OC(CO)C(OC3OC(CO)C(O)C(O)C3O)C(O)C2O)C(O)C1O)C(O)/C=C/CC/C=C/CCCCCCCCCC. The Morgan fingerprint density at radius 1 is 0.417 bits per heavy atom. The molecular weight excluding hydrogens is 1080 g/mol. The topological polar surface area (TPSA) is 307 Å². The van der Waals surface area contributed by atoms with Crippen molar-refractivity contribution in [3.63, 3.8) is 0 Å². The van der Waals surface area contributed by atoms with E-state index in [2.05, 4.69) is 43.5 Å². The molecule has 0 spiro atoms. The summed E-state index contributed by atoms with van der Waals surface area (Å²) in [6.07, 6.45) is 27.0. The van der Waals surface area contributed by atoms with E-state index in [1.165, 1.54) is 167 Å². The van der Waals surface area contributed by atoms with Gasteiger partial charge in [-0.15, -0.1) is 0 Å². The molecule has 17 atom stereocenters. The molecule has 0 radical (unpaired) electrons. The summed E-state index contributed by atoms with van der Waals surface area (Å²) in [7, 11) is 0. The summed E-state index contributed by atoms with van der Waals surface area (Å²) >= 11 is 0. The largest absolute Gasteiger partial charge is 0.394 e. The number of ether oxygens (including phenoxy) is 6. The first-order chi connectivity index (χ1) is 40.8. The molecule has 1 amide bonds. The Morgan fingerprint density at radius 3 is 1.19 bits per heavy atom. The molecule has 0 bridgehead atoms. The highest BCUT2D eigenvalue weighted by Crippen LogP contribution is 2.33. The average molecular weight is 1200 g/mol. The van der Waals surface area contributed by atoms with E-state index in [0.29, 0.717) is 12.8 Å². The van der Waals surface area contributed by atoms with E-state index < -0.39 is 124 Å². The zero-order valence-electron chi connectivity index (χ0n) is 51.6. The van der Waals surface area contributed by atoms with Crippen LogP contribution in [0.4, 0.5) is 0 Å². The fourth-order valence-corrected chi connectivity index (χ4v) is 11.2. The second-order valence-corrected chi connectivity index (χ2v) is 23.9. The van der Waals surface area contributed by atoms with Crippen LogP contribution in [-0.4, -0.2) is 193 Å². The van der Waals surface area contributed by atoms with Gasteiger partial charge in [0.2, 0.25) is 5.91 Å². The van der Waals surface area contributed by atoms with Crippen LogP contribution < -0.4 is 5.32 Å². The van der Waals surface area contributed by atoms with E-state index in [1.807, 2.05) is 6.08 Å². The van der Waals surface area contributed by atoms with Crippen LogP contribution in [0.3, 0.4) is 0 Å². The van der Waals surface area contributed by atoms with Gasteiger partial charge in [-0.2, -0.15) is 0 Å². The zero-order chi connectivity index (χ0) is 61.2. The second kappa shape index (κ2) is 47.9. The van der Waals surface area contributed by atoms with Gasteiger partial charge in [0.1, 0.15) is 73.2 Å². The molecule has 0 aromatic carbocycles. The molecule has 3 rings (SSSR count). The normalized spacial score (nSPS) is 29.4. The van der Waals surface area contributed by atoms with E-state index >= 15 is 0 Å². The Labute approximate surface area is 504 Å². The number of amides is 1. The summed E-state index contributed by atoms with van der Waals surface area (Å²) in [6, 6.07) is -0.988. The van der Waals surface area contributed by atoms with Gasteiger partial charge in [-0.25, -0.2) is 0 Å². The van der Waals surface area contributed by atoms with Gasteiger partial charge in [-0.3, -0.25) is 4.79 Å². The quantitative estimate of drug-likeness (QED) is 0.0205. The van der Waals surface area contributed by atoms with Crippen molar-refractivity contribution in [3.8, 4) is 0 Å². The van der Waals surface area contributed by atoms with E-state index in [1.54, 1.807) is 6.08 Å². The first-order valence-electron chi connectivity index (χ1n) is 33.2. The summed E-state index contributed by atoms with van der Waals surface area (Å²) in [5.74, 6) is -0.285. The summed E-state index contributed by atoms with van der Waals surface area (Å²) in [6.45, 7) is 1.71. The minimum atomic E-state index is -1.98. The minimum absolute atomic E-state index is 0.237. The third kappa shape index (κ3) is 30.5. The van der Waals surface area contributed by atoms with Crippen molar-refractivity contribution in [2.75, 3.05) is 26.4 Å². The van der Waals surface area contributed by atoms with Crippen molar-refractivity contribution in [3.05, 3.63) is 36.5 Å². The Bertz CT molecular complexity index is 1670. The lowest BCUT2D eigenvalue weighted by atomic mass is 9.96. The van der Waals surface area contributed by atoms with Crippen LogP contribution in [0.1, 0.15) is 239 Å². The van der Waals surface area contributed by atoms with Crippen molar-refractivity contribution in [2.45, 2.75) is 343 Å². The van der Waals surface area contributed by atoms with Crippen LogP contribution in [0.2, 0.25) is 0 Å². The molecule has 492 valence electrons. The second-order valence-electron chi connectivity index (χ2n) is 23.9. The molecule has 3 heterocycles. The van der Waals surface area contributed by atoms with Crippen LogP contribution >= 0.6 is 0 Å². The van der Waals surface area contributed by atoms with Gasteiger partial charge in [-0.1, -0.05) is 211 Å². The first-order valence-corrected chi connectivity index (χ1v) is 33.2. The van der Waals surface area contributed by atoms with Gasteiger partial charge in [0.15, 0.2) is 18.9 Å². The fourth-order valence-electron chi connectivity index (χ4n) is 11.2. The van der Waals surface area contributed by atoms with Gasteiger partial charge in [-0.05, 0) is 57.8 Å². The zero-order valence-corrected chi connectivity index (χ0v) is 51.6. The number of rotatable bonds is 50. The van der Waals surface area contributed by atoms with Crippen LogP contribution in [-0.2, 0) is 33.2 Å². The van der Waals surface area contributed by atoms with E-state index in [4.69, 9.17) is 28.4 Å². The number of hydrogen-bond donors (Lipinski definition) is 12. The number of aliphatic hydroxyl groups excluding tert-OH is 11. The highest BCUT2D eigenvalue weighted by molar-refractivity contribution is 5.76. The van der Waals surface area contributed by atoms with E-state index in [9.17, 15) is 61.0 Å². The number of hydrogen-bond acceptors (Lipinski definition) is 18. The molecule has 84 heavy (non-hydrogen) atoms. The predicted octanol–water partition coefficient (Wildman–Crippen LogP) is 7.66. The molecule has 3 saturated heterocycles. The standard InChI is InChI=1S/C65H119NO18/c1-3-5-7-9-11-13-15-17-19-20-21-22-23-24-25-26-27-28-29-31-33-35-37-39-41-43-53(71)66-48(49(70)42-40-38-36-34-32-30-18-16-14-12-10-8-6-4-2)47-79-63-59(77)56(74)61(51(45-68)81-63)84-65-60(78)57(75)62(52(46-69)82-65)83-64-58(76)55(73)54(72)50(44-67)80-64/h20-21,32,34,40,42,48-52,54-65,67-70,72-78H,3-19,22-31,33,35-39,41,43-47H2,1-2H3,(H,66,71)/b21-20-,34-32+,42-40+. The van der Waals surface area contributed by atoms with Gasteiger partial charge in [0, 0.05) is 6.42 Å². The summed E-state index contributed by atoms with van der Waals surface area (Å²) < 4.78 is 34.3. The lowest BCUT2D eigenvalue weighted by molar-refractivity contribution is -0.379. The Hall–Kier alpha value is -1.99. The van der Waals surface area contributed by atoms with Crippen LogP contribution in [0.5, 0.6) is 0 Å². The molecule has 3 aliphatic rings. The maximum atomic E-state index is 13.4. The van der Waals surface area contributed by atoms with Gasteiger partial charge < -0.3 is 89.9 Å². The number of unbranched alkanes of at least 4 members (excludes halogenated alkanes) is 30. The molecule has 0 saturated carbocycles. The smallest absolute Gasteiger partial charge is 0.220 e. The van der Waals surface area contributed by atoms with Crippen molar-refractivity contribution >= 4 is 5.91 Å². The number of aliphatic hydroxyl groups is 11. The predicted molar refractivity (Wildman–Crippen MR) is 323 cm³/mol. The summed E-state index contributed by atoms with van der Waals surface area (Å²) in [4.78, 5) is 13.4. The van der Waals surface area contributed by atoms with E-state index in [-0.39, 0.29) is 18.9 Å². The average Bonchev–Trinajstić information content (AvgIpc) is 3.68. The number of carbonyl (C=O) groups is 1. The molecule has 17 unspecified atom stereocenters. The molecule has 0 aromatic rings. The van der Waals surface area contributed by atoms with E-state index in [0.717, 1.165) is 38.5 Å². The lowest BCUT2D eigenvalue weighted by Gasteiger charge is -2.48. The van der Waals surface area contributed by atoms with Gasteiger partial charge in [0.25, 0.3) is 0 Å². The molecule has 12 N–H and O–H groups in total. The molecular formula is C65H119NO18. The lowest BCUT2D eigenvalue weighted by Crippen LogP contribution is -2.66. The Balaban J connectivity index is 1.44. The highest BCUT2D eigenvalue weighted by atomic mass is 16.8. The summed E-state index contributed by atoms with van der Waals surface area (Å²) in [5, 5.41) is 120. The Kier molecular flexibility index (Phi) is 43.5. The number of allylic oxidation sites excluding steroid dienone is 5. The number of carbonyl (C=O) groups excluding carboxylic acids is 1. The molecule has 0 aromatic heterocycles.